The van der Waals surface area contributed by atoms with Gasteiger partial charge in [-0.05, 0) is 110 Å². The predicted molar refractivity (Wildman–Crippen MR) is 231 cm³/mol. The van der Waals surface area contributed by atoms with Crippen LogP contribution in [0.3, 0.4) is 0 Å². The molecule has 4 nitrogen and oxygen atoms in total. The van der Waals surface area contributed by atoms with E-state index in [1.165, 1.54) is 150 Å². The third-order valence-corrected chi connectivity index (χ3v) is 10.5. The van der Waals surface area contributed by atoms with Crippen molar-refractivity contribution in [1.82, 2.24) is 0 Å². The van der Waals surface area contributed by atoms with E-state index in [0.717, 1.165) is 6.08 Å². The number of benzene rings is 2. The number of ketones is 1. The molecule has 0 amide bonds. The molecule has 0 unspecified atom stereocenters. The zero-order valence-corrected chi connectivity index (χ0v) is 38.0. The maximum absolute atomic E-state index is 9.98. The van der Waals surface area contributed by atoms with Gasteiger partial charge in [-0.1, -0.05) is 150 Å². The van der Waals surface area contributed by atoms with E-state index >= 15 is 0 Å². The van der Waals surface area contributed by atoms with Gasteiger partial charge in [0, 0.05) is 12.4 Å². The number of rotatable bonds is 23. The molecule has 0 atom stereocenters. The van der Waals surface area contributed by atoms with Gasteiger partial charge >= 0.3 is 27.7 Å². The number of carbonyl (C=O) groups excluding carboxylic acids is 1. The first-order valence-electron chi connectivity index (χ1n) is 21.4. The minimum atomic E-state index is -0.187. The van der Waals surface area contributed by atoms with Crippen LogP contribution < -0.4 is 14.9 Å². The van der Waals surface area contributed by atoms with Gasteiger partial charge in [0.05, 0.1) is 11.4 Å². The van der Waals surface area contributed by atoms with E-state index < -0.39 is 0 Å². The van der Waals surface area contributed by atoms with Gasteiger partial charge < -0.3 is 14.9 Å². The van der Waals surface area contributed by atoms with Crippen molar-refractivity contribution in [3.63, 3.8) is 0 Å². The quantitative estimate of drug-likeness (QED) is 0.0635. The molecule has 6 heteroatoms. The van der Waals surface area contributed by atoms with E-state index in [1.807, 2.05) is 0 Å². The molecule has 1 heterocycles. The second-order valence-corrected chi connectivity index (χ2v) is 15.2. The molecule has 2 radical (unpaired) electrons. The summed E-state index contributed by atoms with van der Waals surface area (Å²) in [5.74, 6) is 1.97. The first-order valence-corrected chi connectivity index (χ1v) is 23.4. The monoisotopic (exact) mass is 852 g/mol. The van der Waals surface area contributed by atoms with Crippen LogP contribution in [0.25, 0.3) is 0 Å². The average molecular weight is 854 g/mol. The zero-order chi connectivity index (χ0) is 40.5. The molecule has 3 rings (SSSR count). The summed E-state index contributed by atoms with van der Waals surface area (Å²) in [6, 6.07) is 14.5. The fourth-order valence-electron chi connectivity index (χ4n) is 8.49. The topological polar surface area (TPSA) is 46.6 Å². The molecule has 0 fully saturated rings. The van der Waals surface area contributed by atoms with E-state index in [-0.39, 0.29) is 11.5 Å². The Bertz CT molecular complexity index is 1190. The first kappa shape index (κ1) is 50.0. The van der Waals surface area contributed by atoms with Crippen LogP contribution >= 0.6 is 9.53 Å². The van der Waals surface area contributed by atoms with Crippen LogP contribution in [0.2, 0.25) is 0 Å². The molecule has 1 aliphatic rings. The Morgan fingerprint density at radius 1 is 0.574 bits per heavy atom. The molecule has 0 bridgehead atoms. The number of para-hydroxylation sites is 2. The SMILES string of the molecule is CC(=O)/C=C(/C)[O-].CCCC(CCC)c1cccc(C(CCC)CCC)c1N1[C]N(c2c(C(CCC)CCC)cccc2C(CCC)CCC)C=C1.[Cl][Pd+]. The van der Waals surface area contributed by atoms with Gasteiger partial charge in [-0.15, -0.1) is 5.76 Å². The predicted octanol–water partition coefficient (Wildman–Crippen LogP) is 14.7. The van der Waals surface area contributed by atoms with E-state index in [0.29, 0.717) is 23.7 Å². The van der Waals surface area contributed by atoms with E-state index in [2.05, 4.69) is 148 Å². The molecule has 0 spiro atoms. The van der Waals surface area contributed by atoms with Crippen molar-refractivity contribution in [3.8, 4) is 0 Å². The van der Waals surface area contributed by atoms with E-state index in [4.69, 9.17) is 0 Å². The number of hydrogen-bond donors (Lipinski definition) is 0. The van der Waals surface area contributed by atoms with Gasteiger partial charge in [0.15, 0.2) is 5.78 Å². The Hall–Kier alpha value is -2.06. The normalized spacial score (nSPS) is 12.9. The first-order chi connectivity index (χ1) is 26.1. The van der Waals surface area contributed by atoms with Gasteiger partial charge in [-0.3, -0.25) is 4.79 Å². The average Bonchev–Trinajstić information content (AvgIpc) is 3.64. The number of nitrogens with zero attached hydrogens (tertiary/aromatic N) is 2. The van der Waals surface area contributed by atoms with Crippen LogP contribution in [0.15, 0.2) is 60.6 Å². The summed E-state index contributed by atoms with van der Waals surface area (Å²) in [5, 5.41) is 9.98. The zero-order valence-electron chi connectivity index (χ0n) is 35.7. The molecular weight excluding hydrogens is 778 g/mol. The molecule has 0 aliphatic carbocycles. The third-order valence-electron chi connectivity index (χ3n) is 10.5. The number of carbonyl (C=O) groups is 1. The third kappa shape index (κ3) is 15.8. The van der Waals surface area contributed by atoms with E-state index in [1.54, 1.807) is 0 Å². The number of anilines is 2. The summed E-state index contributed by atoms with van der Waals surface area (Å²) >= 11 is 2.22. The van der Waals surface area contributed by atoms with Crippen LogP contribution in [0.1, 0.15) is 218 Å². The Morgan fingerprint density at radius 3 is 0.981 bits per heavy atom. The van der Waals surface area contributed by atoms with Gasteiger partial charge in [0.2, 0.25) is 6.67 Å². The number of hydrogen-bond acceptors (Lipinski definition) is 4. The minimum absolute atomic E-state index is 0.187. The summed E-state index contributed by atoms with van der Waals surface area (Å²) in [7, 11) is 4.49. The van der Waals surface area contributed by atoms with Crippen molar-refractivity contribution in [2.24, 2.45) is 0 Å². The van der Waals surface area contributed by atoms with Crippen molar-refractivity contribution in [1.29, 1.82) is 0 Å². The molecule has 54 heavy (non-hydrogen) atoms. The van der Waals surface area contributed by atoms with Gasteiger partial charge in [-0.25, -0.2) is 0 Å². The van der Waals surface area contributed by atoms with Crippen LogP contribution in [0, 0.1) is 6.67 Å². The molecule has 1 aliphatic heterocycles. The maximum atomic E-state index is 9.98. The standard InChI is InChI=1S/C43H68N2.C5H8O2.ClH.Pd/c1-9-19-34(20-10-2)38-27-17-28-39(35(21-11-3)22-12-4)42(38)44-31-32-45(33-44)43-40(36(23-13-5)24-14-6)29-18-30-41(43)37(25-15-7)26-16-8;1-4(6)3-5(2)7;;/h17-18,27-32,34-37H,9-16,19-26H2,1-8H3;3,6H,1-2H3;1H;/q;;;+2/p-2/b;4-3-;;. The molecular formula is C48H75ClN2O2Pd. The van der Waals surface area contributed by atoms with Gasteiger partial charge in [0.25, 0.3) is 0 Å². The van der Waals surface area contributed by atoms with Crippen LogP contribution in [-0.2, 0) is 23.0 Å². The molecule has 0 saturated heterocycles. The fraction of sp³-hybridized carbons (Fsp3) is 0.625. The Balaban J connectivity index is 0.00000145. The molecule has 0 N–H and O–H groups in total. The Kier molecular flexibility index (Phi) is 27.0. The second kappa shape index (κ2) is 29.2. The summed E-state index contributed by atoms with van der Waals surface area (Å²) in [4.78, 5) is 14.8. The second-order valence-electron chi connectivity index (χ2n) is 15.2. The van der Waals surface area contributed by atoms with Crippen molar-refractivity contribution in [2.45, 2.75) is 196 Å². The Labute approximate surface area is 348 Å². The summed E-state index contributed by atoms with van der Waals surface area (Å²) < 4.78 is 0. The van der Waals surface area contributed by atoms with Crippen LogP contribution in [-0.4, -0.2) is 5.78 Å². The van der Waals surface area contributed by atoms with Crippen LogP contribution in [0.5, 0.6) is 0 Å². The van der Waals surface area contributed by atoms with Crippen molar-refractivity contribution in [2.75, 3.05) is 9.80 Å². The van der Waals surface area contributed by atoms with Gasteiger partial charge in [0.1, 0.15) is 0 Å². The van der Waals surface area contributed by atoms with E-state index in [9.17, 15) is 9.90 Å². The molecule has 2 aromatic rings. The number of allylic oxidation sites excluding steroid dienone is 2. The molecule has 2 aromatic carbocycles. The molecule has 306 valence electrons. The molecule has 0 aromatic heterocycles. The van der Waals surface area contributed by atoms with Crippen LogP contribution in [0.4, 0.5) is 11.4 Å². The molecule has 0 saturated carbocycles. The van der Waals surface area contributed by atoms with Crippen molar-refractivity contribution in [3.05, 3.63) is 89.6 Å². The number of halogens is 1. The fourth-order valence-corrected chi connectivity index (χ4v) is 8.49. The van der Waals surface area contributed by atoms with Crippen molar-refractivity contribution < 1.29 is 28.1 Å². The summed E-state index contributed by atoms with van der Waals surface area (Å²) in [5.41, 5.74) is 8.98. The Morgan fingerprint density at radius 2 is 0.815 bits per heavy atom. The summed E-state index contributed by atoms with van der Waals surface area (Å²) in [6.07, 6.45) is 25.5. The van der Waals surface area contributed by atoms with Gasteiger partial charge in [-0.2, -0.15) is 0 Å². The summed E-state index contributed by atoms with van der Waals surface area (Å²) in [6.45, 7) is 25.5. The van der Waals surface area contributed by atoms with Crippen molar-refractivity contribution >= 4 is 26.7 Å².